The number of hydrogen-bond donors (Lipinski definition) is 4. The number of aromatic amines is 3. The zero-order chi connectivity index (χ0) is 16.3. The van der Waals surface area contributed by atoms with Crippen molar-refractivity contribution in [1.29, 1.82) is 0 Å². The third-order valence-electron chi connectivity index (χ3n) is 4.31. The molecule has 1 atom stereocenters. The highest BCUT2D eigenvalue weighted by Crippen LogP contribution is 2.46. The smallest absolute Gasteiger partial charge is 0.327 e. The van der Waals surface area contributed by atoms with Gasteiger partial charge in [0.1, 0.15) is 5.82 Å². The normalized spacial score (nSPS) is 15.8. The van der Waals surface area contributed by atoms with Gasteiger partial charge in [0.25, 0.3) is 5.56 Å². The van der Waals surface area contributed by atoms with Gasteiger partial charge in [0, 0.05) is 16.0 Å². The van der Waals surface area contributed by atoms with Gasteiger partial charge in [-0.15, -0.1) is 11.3 Å². The first-order valence-electron chi connectivity index (χ1n) is 7.35. The Kier molecular flexibility index (Phi) is 2.60. The summed E-state index contributed by atoms with van der Waals surface area (Å²) in [5, 5.41) is 13.2. The van der Waals surface area contributed by atoms with Crippen LogP contribution in [-0.2, 0) is 0 Å². The summed E-state index contributed by atoms with van der Waals surface area (Å²) in [6, 6.07) is 7.81. The highest BCUT2D eigenvalue weighted by molar-refractivity contribution is 7.10. The second kappa shape index (κ2) is 4.68. The van der Waals surface area contributed by atoms with E-state index in [9.17, 15) is 9.59 Å². The van der Waals surface area contributed by atoms with Gasteiger partial charge in [-0.2, -0.15) is 5.10 Å². The van der Waals surface area contributed by atoms with Crippen molar-refractivity contribution in [1.82, 2.24) is 20.2 Å². The molecule has 0 aliphatic carbocycles. The zero-order valence-electron chi connectivity index (χ0n) is 12.2. The SMILES string of the molecule is O=c1[nH]c2c(c(=O)[nH]1)C(c1cccs1)c1c(ccc3[nH]ncc13)N2. The largest absolute Gasteiger partial charge is 0.341 e. The Hall–Kier alpha value is -3.13. The first-order chi connectivity index (χ1) is 11.7. The lowest BCUT2D eigenvalue weighted by Gasteiger charge is -2.28. The molecule has 0 bridgehead atoms. The predicted octanol–water partition coefficient (Wildman–Crippen LogP) is 2.24. The molecule has 118 valence electrons. The van der Waals surface area contributed by atoms with Crippen molar-refractivity contribution in [3.05, 3.63) is 72.7 Å². The molecular weight excluding hydrogens is 326 g/mol. The van der Waals surface area contributed by atoms with Crippen molar-refractivity contribution in [3.63, 3.8) is 0 Å². The second-order valence-electron chi connectivity index (χ2n) is 5.63. The number of anilines is 2. The molecule has 5 rings (SSSR count). The van der Waals surface area contributed by atoms with Crippen LogP contribution in [0.4, 0.5) is 11.5 Å². The molecule has 1 aliphatic rings. The molecule has 0 fully saturated rings. The number of nitrogens with zero attached hydrogens (tertiary/aromatic N) is 1. The molecule has 0 spiro atoms. The summed E-state index contributed by atoms with van der Waals surface area (Å²) >= 11 is 1.58. The van der Waals surface area contributed by atoms with Gasteiger partial charge in [0.15, 0.2) is 0 Å². The van der Waals surface area contributed by atoms with Crippen LogP contribution in [0, 0.1) is 0 Å². The fourth-order valence-corrected chi connectivity index (χ4v) is 4.19. The van der Waals surface area contributed by atoms with Crippen LogP contribution in [0.15, 0.2) is 45.4 Å². The minimum Gasteiger partial charge on any atom is -0.341 e. The molecule has 24 heavy (non-hydrogen) atoms. The van der Waals surface area contributed by atoms with E-state index in [1.165, 1.54) is 0 Å². The number of nitrogens with one attached hydrogen (secondary N) is 4. The van der Waals surface area contributed by atoms with E-state index in [1.54, 1.807) is 17.5 Å². The maximum absolute atomic E-state index is 12.5. The summed E-state index contributed by atoms with van der Waals surface area (Å²) < 4.78 is 0. The summed E-state index contributed by atoms with van der Waals surface area (Å²) in [4.78, 5) is 30.3. The Morgan fingerprint density at radius 3 is 2.83 bits per heavy atom. The van der Waals surface area contributed by atoms with Gasteiger partial charge in [-0.1, -0.05) is 6.07 Å². The molecule has 0 saturated heterocycles. The van der Waals surface area contributed by atoms with Crippen molar-refractivity contribution in [2.24, 2.45) is 0 Å². The molecule has 1 aliphatic heterocycles. The number of aromatic nitrogens is 4. The van der Waals surface area contributed by atoms with Crippen molar-refractivity contribution in [2.45, 2.75) is 5.92 Å². The van der Waals surface area contributed by atoms with E-state index < -0.39 is 5.69 Å². The van der Waals surface area contributed by atoms with Crippen LogP contribution < -0.4 is 16.6 Å². The third-order valence-corrected chi connectivity index (χ3v) is 5.25. The van der Waals surface area contributed by atoms with E-state index in [-0.39, 0.29) is 11.5 Å². The number of hydrogen-bond acceptors (Lipinski definition) is 5. The van der Waals surface area contributed by atoms with Gasteiger partial charge < -0.3 is 5.32 Å². The van der Waals surface area contributed by atoms with Gasteiger partial charge in [-0.3, -0.25) is 19.9 Å². The summed E-state index contributed by atoms with van der Waals surface area (Å²) in [5.74, 6) is 0.177. The van der Waals surface area contributed by atoms with Crippen molar-refractivity contribution in [3.8, 4) is 0 Å². The maximum Gasteiger partial charge on any atom is 0.327 e. The van der Waals surface area contributed by atoms with E-state index in [0.29, 0.717) is 11.4 Å². The molecule has 4 N–H and O–H groups in total. The third kappa shape index (κ3) is 1.74. The molecule has 1 unspecified atom stereocenters. The molecule has 0 saturated carbocycles. The summed E-state index contributed by atoms with van der Waals surface area (Å²) in [6.45, 7) is 0. The van der Waals surface area contributed by atoms with Gasteiger partial charge in [-0.05, 0) is 29.1 Å². The van der Waals surface area contributed by atoms with Gasteiger partial charge in [0.05, 0.1) is 23.2 Å². The fourth-order valence-electron chi connectivity index (χ4n) is 3.35. The Balaban J connectivity index is 1.92. The van der Waals surface area contributed by atoms with E-state index in [1.807, 2.05) is 29.6 Å². The van der Waals surface area contributed by atoms with Crippen LogP contribution in [-0.4, -0.2) is 20.2 Å². The summed E-state index contributed by atoms with van der Waals surface area (Å²) in [5.41, 5.74) is 2.35. The molecule has 0 amide bonds. The van der Waals surface area contributed by atoms with Crippen LogP contribution in [0.2, 0.25) is 0 Å². The first-order valence-corrected chi connectivity index (χ1v) is 8.23. The quantitative estimate of drug-likeness (QED) is 0.376. The van der Waals surface area contributed by atoms with E-state index in [4.69, 9.17) is 0 Å². The van der Waals surface area contributed by atoms with E-state index in [0.717, 1.165) is 27.0 Å². The number of thiophene rings is 1. The van der Waals surface area contributed by atoms with Crippen LogP contribution in [0.1, 0.15) is 21.9 Å². The number of benzene rings is 1. The Labute approximate surface area is 138 Å². The average Bonchev–Trinajstić information content (AvgIpc) is 3.23. The molecule has 8 heteroatoms. The van der Waals surface area contributed by atoms with Gasteiger partial charge in [-0.25, -0.2) is 4.79 Å². The highest BCUT2D eigenvalue weighted by Gasteiger charge is 2.33. The lowest BCUT2D eigenvalue weighted by molar-refractivity contribution is 0.906. The Morgan fingerprint density at radius 2 is 2.00 bits per heavy atom. The maximum atomic E-state index is 12.5. The lowest BCUT2D eigenvalue weighted by Crippen LogP contribution is -2.31. The molecule has 0 radical (unpaired) electrons. The van der Waals surface area contributed by atoms with E-state index >= 15 is 0 Å². The Morgan fingerprint density at radius 1 is 1.08 bits per heavy atom. The summed E-state index contributed by atoms with van der Waals surface area (Å²) in [6.07, 6.45) is 1.77. The Bertz CT molecular complexity index is 1190. The molecule has 4 heterocycles. The van der Waals surface area contributed by atoms with Crippen LogP contribution in [0.25, 0.3) is 10.9 Å². The predicted molar refractivity (Wildman–Crippen MR) is 92.3 cm³/mol. The topological polar surface area (TPSA) is 106 Å². The van der Waals surface area contributed by atoms with Crippen molar-refractivity contribution in [2.75, 3.05) is 5.32 Å². The van der Waals surface area contributed by atoms with Crippen molar-refractivity contribution >= 4 is 33.7 Å². The molecular formula is C16H11N5O2S. The minimum atomic E-state index is -0.524. The molecule has 4 aromatic rings. The minimum absolute atomic E-state index is 0.266. The monoisotopic (exact) mass is 337 g/mol. The summed E-state index contributed by atoms with van der Waals surface area (Å²) in [7, 11) is 0. The zero-order valence-corrected chi connectivity index (χ0v) is 13.0. The fraction of sp³-hybridized carbons (Fsp3) is 0.0625. The molecule has 1 aromatic carbocycles. The first kappa shape index (κ1) is 13.3. The number of H-pyrrole nitrogens is 3. The van der Waals surface area contributed by atoms with E-state index in [2.05, 4.69) is 25.5 Å². The molecule has 7 nitrogen and oxygen atoms in total. The van der Waals surface area contributed by atoms with Crippen molar-refractivity contribution < 1.29 is 0 Å². The lowest BCUT2D eigenvalue weighted by atomic mass is 9.85. The van der Waals surface area contributed by atoms with Crippen LogP contribution >= 0.6 is 11.3 Å². The number of rotatable bonds is 1. The van der Waals surface area contributed by atoms with Gasteiger partial charge in [0.2, 0.25) is 0 Å². The average molecular weight is 337 g/mol. The molecule has 3 aromatic heterocycles. The van der Waals surface area contributed by atoms with Crippen LogP contribution in [0.5, 0.6) is 0 Å². The van der Waals surface area contributed by atoms with Gasteiger partial charge >= 0.3 is 5.69 Å². The highest BCUT2D eigenvalue weighted by atomic mass is 32.1. The number of fused-ring (bicyclic) bond motifs is 4. The standard InChI is InChI=1S/C16H11N5O2S/c22-15-13-12(10-2-1-5-24-10)11-7-6-17-21-8(7)3-4-9(11)18-14(13)19-16(23)20-15/h1-6,12H,(H,17,21)(H3,18,19,20,22,23). The second-order valence-corrected chi connectivity index (χ2v) is 6.61. The van der Waals surface area contributed by atoms with Crippen LogP contribution in [0.3, 0.4) is 0 Å².